The van der Waals surface area contributed by atoms with Crippen molar-refractivity contribution >= 4 is 65.7 Å². The van der Waals surface area contributed by atoms with Crippen molar-refractivity contribution in [3.63, 3.8) is 0 Å². The summed E-state index contributed by atoms with van der Waals surface area (Å²) in [5, 5.41) is 6.47. The van der Waals surface area contributed by atoms with Gasteiger partial charge in [0.1, 0.15) is 16.7 Å². The minimum atomic E-state index is -0.168. The van der Waals surface area contributed by atoms with E-state index in [2.05, 4.69) is 176 Å². The fourth-order valence-electron chi connectivity index (χ4n) is 10.8. The van der Waals surface area contributed by atoms with Gasteiger partial charge in [0, 0.05) is 54.4 Å². The lowest BCUT2D eigenvalue weighted by atomic mass is 9.82. The molecule has 6 nitrogen and oxygen atoms in total. The lowest BCUT2D eigenvalue weighted by Gasteiger charge is -2.21. The molecule has 0 N–H and O–H groups in total. The smallest absolute Gasteiger partial charge is 0.164 e. The fourth-order valence-corrected chi connectivity index (χ4v) is 10.8. The molecule has 4 heterocycles. The number of hydrogen-bond donors (Lipinski definition) is 0. The van der Waals surface area contributed by atoms with Crippen LogP contribution in [0.3, 0.4) is 0 Å². The maximum atomic E-state index is 6.87. The molecule has 6 heteroatoms. The van der Waals surface area contributed by atoms with Crippen LogP contribution in [0.4, 0.5) is 0 Å². The molecule has 310 valence electrons. The summed E-state index contributed by atoms with van der Waals surface area (Å²) in [5.74, 6) is 1.82. The minimum Gasteiger partial charge on any atom is -0.456 e. The van der Waals surface area contributed by atoms with Gasteiger partial charge in [-0.3, -0.25) is 0 Å². The fraction of sp³-hybridized carbons (Fsp3) is 0.0500. The van der Waals surface area contributed by atoms with Gasteiger partial charge in [-0.05, 0) is 81.9 Å². The molecule has 0 spiro atoms. The highest BCUT2D eigenvalue weighted by atomic mass is 16.3. The zero-order valence-corrected chi connectivity index (χ0v) is 36.1. The van der Waals surface area contributed by atoms with Crippen molar-refractivity contribution in [3.05, 3.63) is 205 Å². The molecule has 0 saturated heterocycles. The zero-order chi connectivity index (χ0) is 43.7. The minimum absolute atomic E-state index is 0.168. The standard InChI is InChI=1S/C60H38N4O2/c1-60(2)46-22-10-6-17-39(46)40-29-27-37(34-47(40)60)58-61-57(35-15-4-3-5-16-35)62-59(63-58)44-21-14-26-53-54(44)45-33-36(28-32-52(45)65-53)38-30-31-50(56-55(38)43-20-9-13-25-51(43)66-56)64-48-23-11-7-18-41(48)42-19-8-12-24-49(42)64/h3-34H,1-2H3. The number of benzene rings is 9. The molecule has 0 aliphatic heterocycles. The van der Waals surface area contributed by atoms with E-state index in [1.165, 1.54) is 33.0 Å². The topological polar surface area (TPSA) is 69.9 Å². The van der Waals surface area contributed by atoms with Crippen molar-refractivity contribution < 1.29 is 8.83 Å². The summed E-state index contributed by atoms with van der Waals surface area (Å²) >= 11 is 0. The number of furan rings is 2. The van der Waals surface area contributed by atoms with Gasteiger partial charge in [0.25, 0.3) is 0 Å². The van der Waals surface area contributed by atoms with Crippen LogP contribution in [0.2, 0.25) is 0 Å². The van der Waals surface area contributed by atoms with Crippen LogP contribution >= 0.6 is 0 Å². The van der Waals surface area contributed by atoms with Gasteiger partial charge in [0.2, 0.25) is 0 Å². The third-order valence-electron chi connectivity index (χ3n) is 13.9. The summed E-state index contributed by atoms with van der Waals surface area (Å²) in [7, 11) is 0. The first-order valence-electron chi connectivity index (χ1n) is 22.4. The Kier molecular flexibility index (Phi) is 7.64. The van der Waals surface area contributed by atoms with E-state index >= 15 is 0 Å². The number of nitrogens with zero attached hydrogens (tertiary/aromatic N) is 4. The van der Waals surface area contributed by atoms with E-state index in [0.29, 0.717) is 17.5 Å². The number of para-hydroxylation sites is 3. The van der Waals surface area contributed by atoms with E-state index in [4.69, 9.17) is 23.8 Å². The Hall–Kier alpha value is -8.61. The third kappa shape index (κ3) is 5.27. The highest BCUT2D eigenvalue weighted by Crippen LogP contribution is 2.50. The van der Waals surface area contributed by atoms with E-state index in [-0.39, 0.29) is 5.41 Å². The summed E-state index contributed by atoms with van der Waals surface area (Å²) in [5.41, 5.74) is 16.3. The van der Waals surface area contributed by atoms with Crippen LogP contribution < -0.4 is 0 Å². The SMILES string of the molecule is CC1(C)c2ccccc2-c2ccc(-c3nc(-c4ccccc4)nc(-c4cccc5oc6ccc(-c7ccc(-n8c9ccccc9c9ccccc98)c8oc9ccccc9c78)cc6c45)n3)cc21. The van der Waals surface area contributed by atoms with Gasteiger partial charge in [-0.2, -0.15) is 0 Å². The Morgan fingerprint density at radius 2 is 0.985 bits per heavy atom. The summed E-state index contributed by atoms with van der Waals surface area (Å²) in [6, 6.07) is 68.2. The average molecular weight is 847 g/mol. The molecule has 0 fully saturated rings. The third-order valence-corrected chi connectivity index (χ3v) is 13.9. The lowest BCUT2D eigenvalue weighted by Crippen LogP contribution is -2.15. The van der Waals surface area contributed by atoms with Gasteiger partial charge in [0.05, 0.1) is 16.7 Å². The van der Waals surface area contributed by atoms with Crippen LogP contribution in [0.15, 0.2) is 203 Å². The molecule has 14 rings (SSSR count). The van der Waals surface area contributed by atoms with Crippen LogP contribution in [-0.2, 0) is 5.41 Å². The quantitative estimate of drug-likeness (QED) is 0.173. The Morgan fingerprint density at radius 3 is 1.80 bits per heavy atom. The highest BCUT2D eigenvalue weighted by molar-refractivity contribution is 6.18. The molecule has 0 amide bonds. The maximum Gasteiger partial charge on any atom is 0.164 e. The van der Waals surface area contributed by atoms with Crippen molar-refractivity contribution in [1.29, 1.82) is 0 Å². The Bertz CT molecular complexity index is 4100. The normalized spacial score (nSPS) is 13.1. The molecule has 9 aromatic carbocycles. The van der Waals surface area contributed by atoms with Gasteiger partial charge in [0.15, 0.2) is 23.1 Å². The van der Waals surface area contributed by atoms with E-state index in [0.717, 1.165) is 88.4 Å². The molecule has 13 aromatic rings. The van der Waals surface area contributed by atoms with Gasteiger partial charge >= 0.3 is 0 Å². The molecule has 0 atom stereocenters. The van der Waals surface area contributed by atoms with Crippen LogP contribution in [0.25, 0.3) is 128 Å². The summed E-state index contributed by atoms with van der Waals surface area (Å²) in [6.45, 7) is 4.60. The van der Waals surface area contributed by atoms with E-state index in [1.54, 1.807) is 0 Å². The molecule has 1 aliphatic carbocycles. The van der Waals surface area contributed by atoms with Gasteiger partial charge in [-0.25, -0.2) is 15.0 Å². The molecule has 4 aromatic heterocycles. The van der Waals surface area contributed by atoms with Crippen molar-refractivity contribution in [2.75, 3.05) is 0 Å². The Balaban J connectivity index is 0.969. The van der Waals surface area contributed by atoms with Crippen molar-refractivity contribution in [3.8, 4) is 62.1 Å². The van der Waals surface area contributed by atoms with Crippen LogP contribution in [0.5, 0.6) is 0 Å². The van der Waals surface area contributed by atoms with Crippen LogP contribution in [-0.4, -0.2) is 19.5 Å². The van der Waals surface area contributed by atoms with E-state index in [9.17, 15) is 0 Å². The highest BCUT2D eigenvalue weighted by Gasteiger charge is 2.35. The van der Waals surface area contributed by atoms with Crippen molar-refractivity contribution in [2.45, 2.75) is 19.3 Å². The molecule has 0 unspecified atom stereocenters. The van der Waals surface area contributed by atoms with E-state index < -0.39 is 0 Å². The largest absolute Gasteiger partial charge is 0.456 e. The average Bonchev–Trinajstić information content (AvgIpc) is 4.11. The molecule has 1 aliphatic rings. The number of fused-ring (bicyclic) bond motifs is 12. The molecular formula is C60H38N4O2. The molecular weight excluding hydrogens is 809 g/mol. The predicted molar refractivity (Wildman–Crippen MR) is 268 cm³/mol. The van der Waals surface area contributed by atoms with Crippen LogP contribution in [0, 0.1) is 0 Å². The molecule has 0 radical (unpaired) electrons. The van der Waals surface area contributed by atoms with Crippen molar-refractivity contribution in [1.82, 2.24) is 19.5 Å². The second-order valence-electron chi connectivity index (χ2n) is 17.9. The van der Waals surface area contributed by atoms with Crippen molar-refractivity contribution in [2.24, 2.45) is 0 Å². The maximum absolute atomic E-state index is 6.87. The van der Waals surface area contributed by atoms with Gasteiger partial charge in [-0.15, -0.1) is 0 Å². The first kappa shape index (κ1) is 36.8. The van der Waals surface area contributed by atoms with E-state index in [1.807, 2.05) is 36.4 Å². The van der Waals surface area contributed by atoms with Crippen LogP contribution in [0.1, 0.15) is 25.0 Å². The second kappa shape index (κ2) is 13.7. The number of hydrogen-bond acceptors (Lipinski definition) is 5. The molecule has 0 saturated carbocycles. The van der Waals surface area contributed by atoms with Gasteiger partial charge < -0.3 is 13.4 Å². The zero-order valence-electron chi connectivity index (χ0n) is 36.1. The Morgan fingerprint density at radius 1 is 0.379 bits per heavy atom. The lowest BCUT2D eigenvalue weighted by molar-refractivity contribution is 0.660. The number of aromatic nitrogens is 4. The first-order valence-corrected chi connectivity index (χ1v) is 22.4. The second-order valence-corrected chi connectivity index (χ2v) is 17.9. The molecule has 0 bridgehead atoms. The predicted octanol–water partition coefficient (Wildman–Crippen LogP) is 15.7. The summed E-state index contributed by atoms with van der Waals surface area (Å²) in [4.78, 5) is 15.7. The first-order chi connectivity index (χ1) is 32.5. The summed E-state index contributed by atoms with van der Waals surface area (Å²) < 4.78 is 15.9. The summed E-state index contributed by atoms with van der Waals surface area (Å²) in [6.07, 6.45) is 0. The number of rotatable bonds is 5. The monoisotopic (exact) mass is 846 g/mol. The van der Waals surface area contributed by atoms with Gasteiger partial charge in [-0.1, -0.05) is 159 Å². The Labute approximate surface area is 379 Å². The molecule has 66 heavy (non-hydrogen) atoms.